The molecular weight excluding hydrogens is 723 g/mol. The van der Waals surface area contributed by atoms with E-state index in [4.69, 9.17) is 13.9 Å². The number of hydrogen-bond acceptors (Lipinski definition) is 5. The van der Waals surface area contributed by atoms with Crippen molar-refractivity contribution in [3.8, 4) is 11.5 Å². The van der Waals surface area contributed by atoms with Crippen LogP contribution in [0.1, 0.15) is 123 Å². The fourth-order valence-electron chi connectivity index (χ4n) is 9.46. The molecule has 1 aromatic heterocycles. The minimum atomic E-state index is -0.143. The monoisotopic (exact) mass is 784 g/mol. The average molecular weight is 785 g/mol. The van der Waals surface area contributed by atoms with Crippen LogP contribution in [0, 0.1) is 13.8 Å². The summed E-state index contributed by atoms with van der Waals surface area (Å²) in [6, 6.07) is 30.5. The first-order chi connectivity index (χ1) is 27.6. The van der Waals surface area contributed by atoms with Crippen molar-refractivity contribution in [2.75, 3.05) is 23.0 Å². The minimum Gasteiger partial charge on any atom is -0.490 e. The van der Waals surface area contributed by atoms with E-state index in [-0.39, 0.29) is 28.4 Å². The van der Waals surface area contributed by atoms with Crippen LogP contribution in [-0.4, -0.2) is 19.9 Å². The number of rotatable bonds is 2. The standard InChI is InChI=1S/C53H61BN2O3/c1-31-26-44-48(58-25-15-24-57-44)32(2)47(31)56-42-30-36(53(12,13)14)29-41-46(42)54(45-38-27-34(51(6,7)8)19-23-43(38)59-49(45)56)39-28-35(52(9,10)11)18-22-40(39)55(41)37-20-16-33(17-21-37)50(3,4)5/h16-23,26-30H,15,24-25H2,1-14H3. The number of aryl methyl sites for hydroxylation is 1. The highest BCUT2D eigenvalue weighted by Crippen LogP contribution is 2.52. The third-order valence-electron chi connectivity index (χ3n) is 12.9. The smallest absolute Gasteiger partial charge is 0.257 e. The van der Waals surface area contributed by atoms with E-state index >= 15 is 0 Å². The van der Waals surface area contributed by atoms with E-state index in [1.165, 1.54) is 55.4 Å². The fourth-order valence-corrected chi connectivity index (χ4v) is 9.46. The van der Waals surface area contributed by atoms with Gasteiger partial charge < -0.3 is 18.8 Å². The molecule has 9 rings (SSSR count). The molecule has 0 saturated heterocycles. The number of nitrogens with zero attached hydrogens (tertiary/aromatic N) is 2. The molecule has 0 N–H and O–H groups in total. The molecule has 5 aromatic carbocycles. The Morgan fingerprint density at radius 1 is 0.542 bits per heavy atom. The summed E-state index contributed by atoms with van der Waals surface area (Å²) < 4.78 is 20.1. The summed E-state index contributed by atoms with van der Waals surface area (Å²) in [6.45, 7) is 33.3. The summed E-state index contributed by atoms with van der Waals surface area (Å²) in [4.78, 5) is 4.98. The third kappa shape index (κ3) is 6.35. The summed E-state index contributed by atoms with van der Waals surface area (Å²) in [6.07, 6.45) is 0.849. The Hall–Kier alpha value is -5.10. The van der Waals surface area contributed by atoms with Crippen LogP contribution in [-0.2, 0) is 21.7 Å². The number of hydrogen-bond donors (Lipinski definition) is 0. The molecule has 0 fully saturated rings. The van der Waals surface area contributed by atoms with Gasteiger partial charge in [-0.05, 0) is 123 Å². The Kier molecular flexibility index (Phi) is 8.81. The van der Waals surface area contributed by atoms with Gasteiger partial charge in [-0.3, -0.25) is 4.90 Å². The van der Waals surface area contributed by atoms with Crippen molar-refractivity contribution in [2.24, 2.45) is 0 Å². The van der Waals surface area contributed by atoms with Gasteiger partial charge in [-0.2, -0.15) is 0 Å². The highest BCUT2D eigenvalue weighted by molar-refractivity contribution is 7.01. The second kappa shape index (κ2) is 13.2. The number of anilines is 6. The summed E-state index contributed by atoms with van der Waals surface area (Å²) in [5, 5.41) is 1.17. The summed E-state index contributed by atoms with van der Waals surface area (Å²) in [5.41, 5.74) is 17.7. The van der Waals surface area contributed by atoms with Crippen LogP contribution in [0.5, 0.6) is 11.5 Å². The van der Waals surface area contributed by atoms with Crippen LogP contribution in [0.4, 0.5) is 34.3 Å². The van der Waals surface area contributed by atoms with Gasteiger partial charge in [-0.25, -0.2) is 0 Å². The first kappa shape index (κ1) is 39.4. The Balaban J connectivity index is 1.45. The maximum absolute atomic E-state index is 7.29. The van der Waals surface area contributed by atoms with Gasteiger partial charge in [0.25, 0.3) is 6.71 Å². The third-order valence-corrected chi connectivity index (χ3v) is 12.9. The van der Waals surface area contributed by atoms with Gasteiger partial charge in [-0.15, -0.1) is 0 Å². The maximum Gasteiger partial charge on any atom is 0.257 e. The molecule has 3 aliphatic rings. The first-order valence-electron chi connectivity index (χ1n) is 21.6. The number of ether oxygens (including phenoxy) is 2. The van der Waals surface area contributed by atoms with Crippen molar-refractivity contribution in [3.63, 3.8) is 0 Å². The van der Waals surface area contributed by atoms with Gasteiger partial charge in [0.2, 0.25) is 5.88 Å². The van der Waals surface area contributed by atoms with Crippen molar-refractivity contribution in [3.05, 3.63) is 112 Å². The van der Waals surface area contributed by atoms with Gasteiger partial charge in [0.1, 0.15) is 5.58 Å². The van der Waals surface area contributed by atoms with Gasteiger partial charge in [-0.1, -0.05) is 113 Å². The molecule has 0 unspecified atom stereocenters. The molecule has 59 heavy (non-hydrogen) atoms. The molecule has 0 aliphatic carbocycles. The highest BCUT2D eigenvalue weighted by atomic mass is 16.5. The van der Waals surface area contributed by atoms with Crippen molar-refractivity contribution in [1.29, 1.82) is 0 Å². The van der Waals surface area contributed by atoms with E-state index in [9.17, 15) is 0 Å². The van der Waals surface area contributed by atoms with Gasteiger partial charge >= 0.3 is 0 Å². The molecule has 4 heterocycles. The lowest BCUT2D eigenvalue weighted by molar-refractivity contribution is 0.296. The molecule has 6 aromatic rings. The zero-order valence-corrected chi connectivity index (χ0v) is 37.8. The average Bonchev–Trinajstić information content (AvgIpc) is 3.36. The van der Waals surface area contributed by atoms with E-state index in [0.29, 0.717) is 13.2 Å². The molecule has 0 amide bonds. The van der Waals surface area contributed by atoms with E-state index in [1.54, 1.807) is 0 Å². The lowest BCUT2D eigenvalue weighted by Gasteiger charge is -2.44. The zero-order chi connectivity index (χ0) is 42.1. The fraction of sp³-hybridized carbons (Fsp3) is 0.396. The normalized spacial score (nSPS) is 15.3. The van der Waals surface area contributed by atoms with Crippen LogP contribution in [0.25, 0.3) is 11.0 Å². The molecule has 5 nitrogen and oxygen atoms in total. The summed E-state index contributed by atoms with van der Waals surface area (Å²) in [5.74, 6) is 2.51. The second-order valence-corrected chi connectivity index (χ2v) is 21.4. The van der Waals surface area contributed by atoms with Crippen LogP contribution < -0.4 is 35.7 Å². The van der Waals surface area contributed by atoms with E-state index in [2.05, 4.69) is 186 Å². The zero-order valence-electron chi connectivity index (χ0n) is 37.8. The molecule has 0 bridgehead atoms. The Morgan fingerprint density at radius 3 is 1.76 bits per heavy atom. The van der Waals surface area contributed by atoms with Crippen LogP contribution in [0.2, 0.25) is 0 Å². The largest absolute Gasteiger partial charge is 0.490 e. The summed E-state index contributed by atoms with van der Waals surface area (Å²) >= 11 is 0. The predicted octanol–water partition coefficient (Wildman–Crippen LogP) is 12.5. The molecule has 3 aliphatic heterocycles. The predicted molar refractivity (Wildman–Crippen MR) is 250 cm³/mol. The SMILES string of the molecule is Cc1cc2c(c(C)c1N1c3cc(C(C)(C)C)cc4c3B(c3cc(C(C)(C)C)ccc3N4c3ccc(C(C)(C)C)cc3)c3c1oc1ccc(C(C)(C)C)cc31)OCCCO2. The van der Waals surface area contributed by atoms with Crippen LogP contribution >= 0.6 is 0 Å². The summed E-state index contributed by atoms with van der Waals surface area (Å²) in [7, 11) is 0. The van der Waals surface area contributed by atoms with Crippen molar-refractivity contribution >= 4 is 68.4 Å². The molecule has 0 atom stereocenters. The van der Waals surface area contributed by atoms with Crippen molar-refractivity contribution in [1.82, 2.24) is 0 Å². The van der Waals surface area contributed by atoms with Gasteiger partial charge in [0.05, 0.1) is 18.9 Å². The second-order valence-electron chi connectivity index (χ2n) is 21.4. The van der Waals surface area contributed by atoms with E-state index < -0.39 is 0 Å². The number of benzene rings is 5. The lowest BCUT2D eigenvalue weighted by atomic mass is 9.33. The minimum absolute atomic E-state index is 0.0415. The molecule has 304 valence electrons. The Morgan fingerprint density at radius 2 is 1.12 bits per heavy atom. The number of furan rings is 1. The Bertz CT molecular complexity index is 2660. The van der Waals surface area contributed by atoms with Crippen molar-refractivity contribution in [2.45, 2.75) is 125 Å². The lowest BCUT2D eigenvalue weighted by Crippen LogP contribution is -2.61. The molecule has 0 saturated carbocycles. The van der Waals surface area contributed by atoms with E-state index in [0.717, 1.165) is 57.6 Å². The highest BCUT2D eigenvalue weighted by Gasteiger charge is 2.48. The van der Waals surface area contributed by atoms with Crippen molar-refractivity contribution < 1.29 is 13.9 Å². The quantitative estimate of drug-likeness (QED) is 0.163. The van der Waals surface area contributed by atoms with E-state index in [1.807, 2.05) is 0 Å². The number of fused-ring (bicyclic) bond motifs is 7. The maximum atomic E-state index is 7.29. The molecule has 0 spiro atoms. The molecular formula is C53H61BN2O3. The van der Waals surface area contributed by atoms with Gasteiger partial charge in [0, 0.05) is 45.6 Å². The van der Waals surface area contributed by atoms with Crippen LogP contribution in [0.15, 0.2) is 83.3 Å². The molecule has 0 radical (unpaired) electrons. The molecule has 6 heteroatoms. The topological polar surface area (TPSA) is 38.1 Å². The Labute approximate surface area is 352 Å². The van der Waals surface area contributed by atoms with Gasteiger partial charge in [0.15, 0.2) is 11.5 Å². The van der Waals surface area contributed by atoms with Crippen LogP contribution in [0.3, 0.4) is 0 Å². The first-order valence-corrected chi connectivity index (χ1v) is 21.6.